The summed E-state index contributed by atoms with van der Waals surface area (Å²) in [5.74, 6) is 4.12. The summed E-state index contributed by atoms with van der Waals surface area (Å²) in [7, 11) is 0. The summed E-state index contributed by atoms with van der Waals surface area (Å²) in [5.41, 5.74) is 5.93. The van der Waals surface area contributed by atoms with Crippen LogP contribution in [0.2, 0.25) is 0 Å². The molecule has 0 bridgehead atoms. The van der Waals surface area contributed by atoms with Gasteiger partial charge in [0.15, 0.2) is 0 Å². The summed E-state index contributed by atoms with van der Waals surface area (Å²) in [6.07, 6.45) is 5.41. The standard InChI is InChI=1S/C14H26N2OS/c1-11(15)13-2-6-16(7-3-13)14(17)10-12-4-8-18-9-5-12/h11-13H,2-10,15H2,1H3. The van der Waals surface area contributed by atoms with Crippen molar-refractivity contribution < 1.29 is 4.79 Å². The van der Waals surface area contributed by atoms with E-state index >= 15 is 0 Å². The first kappa shape index (κ1) is 14.2. The van der Waals surface area contributed by atoms with Gasteiger partial charge in [-0.2, -0.15) is 11.8 Å². The predicted molar refractivity (Wildman–Crippen MR) is 77.6 cm³/mol. The number of nitrogens with zero attached hydrogens (tertiary/aromatic N) is 1. The molecule has 2 saturated heterocycles. The summed E-state index contributed by atoms with van der Waals surface area (Å²) in [5, 5.41) is 0. The van der Waals surface area contributed by atoms with Crippen molar-refractivity contribution in [3.63, 3.8) is 0 Å². The second kappa shape index (κ2) is 6.80. The maximum Gasteiger partial charge on any atom is 0.222 e. The van der Waals surface area contributed by atoms with Crippen molar-refractivity contribution in [2.45, 2.75) is 45.1 Å². The van der Waals surface area contributed by atoms with E-state index in [-0.39, 0.29) is 6.04 Å². The zero-order valence-corrected chi connectivity index (χ0v) is 12.3. The topological polar surface area (TPSA) is 46.3 Å². The largest absolute Gasteiger partial charge is 0.343 e. The molecule has 2 heterocycles. The first-order chi connectivity index (χ1) is 8.66. The highest BCUT2D eigenvalue weighted by atomic mass is 32.2. The fraction of sp³-hybridized carbons (Fsp3) is 0.929. The van der Waals surface area contributed by atoms with Gasteiger partial charge in [0.05, 0.1) is 0 Å². The van der Waals surface area contributed by atoms with Crippen LogP contribution in [0.15, 0.2) is 0 Å². The van der Waals surface area contributed by atoms with Crippen LogP contribution in [0.1, 0.15) is 39.0 Å². The van der Waals surface area contributed by atoms with Gasteiger partial charge in [-0.15, -0.1) is 0 Å². The van der Waals surface area contributed by atoms with Crippen LogP contribution >= 0.6 is 11.8 Å². The first-order valence-corrected chi connectivity index (χ1v) is 8.43. The van der Waals surface area contributed by atoms with Gasteiger partial charge < -0.3 is 10.6 Å². The summed E-state index contributed by atoms with van der Waals surface area (Å²) >= 11 is 2.03. The van der Waals surface area contributed by atoms with Gasteiger partial charge in [0.2, 0.25) is 5.91 Å². The molecule has 0 saturated carbocycles. The van der Waals surface area contributed by atoms with E-state index in [0.717, 1.165) is 32.4 Å². The van der Waals surface area contributed by atoms with E-state index in [0.29, 0.717) is 17.7 Å². The van der Waals surface area contributed by atoms with Crippen molar-refractivity contribution in [1.82, 2.24) is 4.90 Å². The molecule has 0 aromatic carbocycles. The Morgan fingerprint density at radius 1 is 1.28 bits per heavy atom. The van der Waals surface area contributed by atoms with Gasteiger partial charge in [0.25, 0.3) is 0 Å². The number of rotatable bonds is 3. The minimum absolute atomic E-state index is 0.276. The highest BCUT2D eigenvalue weighted by molar-refractivity contribution is 7.99. The molecule has 2 aliphatic rings. The second-order valence-electron chi connectivity index (χ2n) is 5.84. The highest BCUT2D eigenvalue weighted by Crippen LogP contribution is 2.27. The lowest BCUT2D eigenvalue weighted by Crippen LogP contribution is -2.43. The van der Waals surface area contributed by atoms with Crippen molar-refractivity contribution in [2.75, 3.05) is 24.6 Å². The van der Waals surface area contributed by atoms with Gasteiger partial charge in [-0.25, -0.2) is 0 Å². The number of thioether (sulfide) groups is 1. The van der Waals surface area contributed by atoms with E-state index in [1.807, 2.05) is 11.8 Å². The molecule has 2 rings (SSSR count). The molecule has 1 amide bonds. The van der Waals surface area contributed by atoms with Crippen molar-refractivity contribution in [2.24, 2.45) is 17.6 Å². The van der Waals surface area contributed by atoms with E-state index < -0.39 is 0 Å². The Labute approximate surface area is 115 Å². The third-order valence-electron chi connectivity index (χ3n) is 4.44. The average Bonchev–Trinajstić information content (AvgIpc) is 2.40. The molecular weight excluding hydrogens is 244 g/mol. The van der Waals surface area contributed by atoms with Crippen LogP contribution in [0, 0.1) is 11.8 Å². The Morgan fingerprint density at radius 3 is 2.44 bits per heavy atom. The molecule has 3 nitrogen and oxygen atoms in total. The van der Waals surface area contributed by atoms with E-state index in [1.54, 1.807) is 0 Å². The van der Waals surface area contributed by atoms with E-state index in [4.69, 9.17) is 5.73 Å². The molecule has 2 fully saturated rings. The number of carbonyl (C=O) groups is 1. The number of carbonyl (C=O) groups excluding carboxylic acids is 1. The highest BCUT2D eigenvalue weighted by Gasteiger charge is 2.26. The molecule has 1 unspecified atom stereocenters. The van der Waals surface area contributed by atoms with Crippen LogP contribution in [0.5, 0.6) is 0 Å². The van der Waals surface area contributed by atoms with Gasteiger partial charge >= 0.3 is 0 Å². The van der Waals surface area contributed by atoms with Gasteiger partial charge in [0.1, 0.15) is 0 Å². The van der Waals surface area contributed by atoms with Crippen molar-refractivity contribution in [1.29, 1.82) is 0 Å². The lowest BCUT2D eigenvalue weighted by atomic mass is 9.90. The van der Waals surface area contributed by atoms with Crippen LogP contribution in [-0.2, 0) is 4.79 Å². The summed E-state index contributed by atoms with van der Waals surface area (Å²) in [4.78, 5) is 14.3. The third kappa shape index (κ3) is 3.89. The Kier molecular flexibility index (Phi) is 5.37. The van der Waals surface area contributed by atoms with Crippen LogP contribution in [0.25, 0.3) is 0 Å². The predicted octanol–water partition coefficient (Wildman–Crippen LogP) is 2.11. The monoisotopic (exact) mass is 270 g/mol. The smallest absolute Gasteiger partial charge is 0.222 e. The average molecular weight is 270 g/mol. The second-order valence-corrected chi connectivity index (χ2v) is 7.06. The molecule has 0 aliphatic carbocycles. The Balaban J connectivity index is 1.73. The fourth-order valence-corrected chi connectivity index (χ4v) is 4.21. The van der Waals surface area contributed by atoms with E-state index in [9.17, 15) is 4.79 Å². The first-order valence-electron chi connectivity index (χ1n) is 7.28. The maximum absolute atomic E-state index is 12.2. The Bertz CT molecular complexity index is 269. The molecule has 18 heavy (non-hydrogen) atoms. The number of nitrogens with two attached hydrogens (primary N) is 1. The zero-order chi connectivity index (χ0) is 13.0. The lowest BCUT2D eigenvalue weighted by molar-refractivity contribution is -0.133. The molecule has 4 heteroatoms. The van der Waals surface area contributed by atoms with Gasteiger partial charge in [-0.05, 0) is 55.9 Å². The van der Waals surface area contributed by atoms with Gasteiger partial charge in [-0.3, -0.25) is 4.79 Å². The number of likely N-dealkylation sites (tertiary alicyclic amines) is 1. The Morgan fingerprint density at radius 2 is 1.89 bits per heavy atom. The quantitative estimate of drug-likeness (QED) is 0.854. The zero-order valence-electron chi connectivity index (χ0n) is 11.4. The van der Waals surface area contributed by atoms with Crippen molar-refractivity contribution in [3.8, 4) is 0 Å². The number of piperidine rings is 1. The molecule has 1 atom stereocenters. The molecular formula is C14H26N2OS. The minimum atomic E-state index is 0.276. The van der Waals surface area contributed by atoms with Crippen molar-refractivity contribution >= 4 is 17.7 Å². The van der Waals surface area contributed by atoms with Gasteiger partial charge in [-0.1, -0.05) is 0 Å². The summed E-state index contributed by atoms with van der Waals surface area (Å²) < 4.78 is 0. The molecule has 104 valence electrons. The normalized spacial score (nSPS) is 25.1. The van der Waals surface area contributed by atoms with Crippen molar-refractivity contribution in [3.05, 3.63) is 0 Å². The number of hydrogen-bond acceptors (Lipinski definition) is 3. The minimum Gasteiger partial charge on any atom is -0.343 e. The molecule has 2 N–H and O–H groups in total. The van der Waals surface area contributed by atoms with E-state index in [1.165, 1.54) is 24.3 Å². The van der Waals surface area contributed by atoms with E-state index in [2.05, 4.69) is 11.8 Å². The molecule has 0 radical (unpaired) electrons. The number of hydrogen-bond donors (Lipinski definition) is 1. The van der Waals surface area contributed by atoms with Crippen LogP contribution in [-0.4, -0.2) is 41.4 Å². The SMILES string of the molecule is CC(N)C1CCN(C(=O)CC2CCSCC2)CC1. The fourth-order valence-electron chi connectivity index (χ4n) is 3.00. The molecule has 0 spiro atoms. The van der Waals surface area contributed by atoms with Crippen LogP contribution in [0.4, 0.5) is 0 Å². The van der Waals surface area contributed by atoms with Crippen LogP contribution in [0.3, 0.4) is 0 Å². The summed E-state index contributed by atoms with van der Waals surface area (Å²) in [6, 6.07) is 0.276. The molecule has 0 aromatic heterocycles. The van der Waals surface area contributed by atoms with Gasteiger partial charge in [0, 0.05) is 25.6 Å². The lowest BCUT2D eigenvalue weighted by Gasteiger charge is -2.34. The van der Waals surface area contributed by atoms with Crippen LogP contribution < -0.4 is 5.73 Å². The Hall–Kier alpha value is -0.220. The number of amides is 1. The summed E-state index contributed by atoms with van der Waals surface area (Å²) in [6.45, 7) is 3.93. The molecule has 2 aliphatic heterocycles. The third-order valence-corrected chi connectivity index (χ3v) is 5.49. The molecule has 0 aromatic rings. The maximum atomic E-state index is 12.2.